The Morgan fingerprint density at radius 3 is 2.62 bits per heavy atom. The molecule has 1 aromatic carbocycles. The lowest BCUT2D eigenvalue weighted by Gasteiger charge is -2.17. The lowest BCUT2D eigenvalue weighted by atomic mass is 10.1. The van der Waals surface area contributed by atoms with E-state index >= 15 is 0 Å². The Kier molecular flexibility index (Phi) is 3.91. The quantitative estimate of drug-likeness (QED) is 0.631. The topological polar surface area (TPSA) is 52.4 Å². The predicted molar refractivity (Wildman–Crippen MR) is 65.4 cm³/mol. The number of benzene rings is 1. The van der Waals surface area contributed by atoms with Gasteiger partial charge in [0.1, 0.15) is 5.75 Å². The molecular weight excluding hydrogens is 274 g/mol. The number of rotatable bonds is 4. The van der Waals surface area contributed by atoms with Crippen molar-refractivity contribution in [1.82, 2.24) is 0 Å². The second-order valence-electron chi connectivity index (χ2n) is 4.27. The molecule has 0 saturated heterocycles. The molecule has 16 heavy (non-hydrogen) atoms. The molecule has 1 rings (SSSR count). The first kappa shape index (κ1) is 13.0. The van der Waals surface area contributed by atoms with Crippen molar-refractivity contribution in [2.24, 2.45) is 0 Å². The van der Waals surface area contributed by atoms with Crippen molar-refractivity contribution >= 4 is 15.9 Å². The van der Waals surface area contributed by atoms with E-state index in [2.05, 4.69) is 15.9 Å². The van der Waals surface area contributed by atoms with Crippen LogP contribution in [-0.4, -0.2) is 17.1 Å². The number of hydrogen-bond acceptors (Lipinski definition) is 3. The maximum atomic E-state index is 10.7. The Morgan fingerprint density at radius 1 is 1.50 bits per heavy atom. The van der Waals surface area contributed by atoms with Gasteiger partial charge in [0, 0.05) is 23.2 Å². The zero-order valence-corrected chi connectivity index (χ0v) is 11.1. The molecule has 0 saturated carbocycles. The van der Waals surface area contributed by atoms with E-state index < -0.39 is 5.54 Å². The second kappa shape index (κ2) is 4.82. The Balaban J connectivity index is 2.72. The first-order chi connectivity index (χ1) is 7.33. The predicted octanol–water partition coefficient (Wildman–Crippen LogP) is 3.19. The van der Waals surface area contributed by atoms with Gasteiger partial charge in [0.15, 0.2) is 6.61 Å². The Labute approximate surface area is 103 Å². The maximum Gasteiger partial charge on any atom is 0.250 e. The molecule has 0 radical (unpaired) electrons. The van der Waals surface area contributed by atoms with Crippen LogP contribution in [0.5, 0.6) is 5.75 Å². The number of nitro groups is 1. The molecule has 0 bridgehead atoms. The number of aryl methyl sites for hydroxylation is 1. The largest absolute Gasteiger partial charge is 0.486 e. The standard InChI is InChI=1S/C11H14BrNO3/c1-8-6-9(12)4-5-10(8)16-7-11(2,3)13(14)15/h4-6H,7H2,1-3H3. The highest BCUT2D eigenvalue weighted by Gasteiger charge is 2.31. The fourth-order valence-corrected chi connectivity index (χ4v) is 1.56. The maximum absolute atomic E-state index is 10.7. The number of halogens is 1. The van der Waals surface area contributed by atoms with E-state index in [-0.39, 0.29) is 11.5 Å². The van der Waals surface area contributed by atoms with Crippen LogP contribution < -0.4 is 4.74 Å². The summed E-state index contributed by atoms with van der Waals surface area (Å²) in [5.41, 5.74) is -0.118. The summed E-state index contributed by atoms with van der Waals surface area (Å²) >= 11 is 3.35. The molecular formula is C11H14BrNO3. The van der Waals surface area contributed by atoms with Gasteiger partial charge in [0.2, 0.25) is 5.54 Å². The highest BCUT2D eigenvalue weighted by Crippen LogP contribution is 2.23. The van der Waals surface area contributed by atoms with E-state index in [1.54, 1.807) is 19.9 Å². The van der Waals surface area contributed by atoms with Gasteiger partial charge in [-0.15, -0.1) is 0 Å². The molecule has 0 amide bonds. The van der Waals surface area contributed by atoms with E-state index in [0.717, 1.165) is 10.0 Å². The molecule has 0 fully saturated rings. The lowest BCUT2D eigenvalue weighted by molar-refractivity contribution is -0.562. The van der Waals surface area contributed by atoms with Crippen LogP contribution in [0.4, 0.5) is 0 Å². The number of ether oxygens (including phenoxy) is 1. The van der Waals surface area contributed by atoms with Gasteiger partial charge >= 0.3 is 0 Å². The van der Waals surface area contributed by atoms with Crippen LogP contribution in [0.1, 0.15) is 19.4 Å². The normalized spacial score (nSPS) is 11.2. The van der Waals surface area contributed by atoms with Gasteiger partial charge in [-0.25, -0.2) is 0 Å². The number of hydrogen-bond donors (Lipinski definition) is 0. The second-order valence-corrected chi connectivity index (χ2v) is 5.18. The first-order valence-corrected chi connectivity index (χ1v) is 5.66. The lowest BCUT2D eigenvalue weighted by Crippen LogP contribution is -2.37. The van der Waals surface area contributed by atoms with Crippen molar-refractivity contribution in [3.05, 3.63) is 38.3 Å². The average molecular weight is 288 g/mol. The summed E-state index contributed by atoms with van der Waals surface area (Å²) < 4.78 is 6.42. The van der Waals surface area contributed by atoms with Crippen LogP contribution in [0.25, 0.3) is 0 Å². The molecule has 0 aliphatic carbocycles. The molecule has 1 aromatic rings. The SMILES string of the molecule is Cc1cc(Br)ccc1OCC(C)(C)[N+](=O)[O-]. The van der Waals surface area contributed by atoms with Crippen LogP contribution >= 0.6 is 15.9 Å². The summed E-state index contributed by atoms with van der Waals surface area (Å²) in [7, 11) is 0. The molecule has 0 aliphatic heterocycles. The molecule has 88 valence electrons. The highest BCUT2D eigenvalue weighted by molar-refractivity contribution is 9.10. The minimum Gasteiger partial charge on any atom is -0.486 e. The average Bonchev–Trinajstić information content (AvgIpc) is 2.16. The third kappa shape index (κ3) is 3.20. The van der Waals surface area contributed by atoms with Crippen LogP contribution in [0.15, 0.2) is 22.7 Å². The molecule has 0 spiro atoms. The summed E-state index contributed by atoms with van der Waals surface area (Å²) in [5.74, 6) is 0.679. The van der Waals surface area contributed by atoms with Crippen LogP contribution in [-0.2, 0) is 0 Å². The molecule has 0 unspecified atom stereocenters. The van der Waals surface area contributed by atoms with E-state index in [9.17, 15) is 10.1 Å². The monoisotopic (exact) mass is 287 g/mol. The fourth-order valence-electron chi connectivity index (χ4n) is 1.08. The Bertz CT molecular complexity index is 404. The molecule has 0 atom stereocenters. The molecule has 0 aliphatic rings. The summed E-state index contributed by atoms with van der Waals surface area (Å²) in [6, 6.07) is 5.56. The minimum atomic E-state index is -1.07. The van der Waals surface area contributed by atoms with Crippen molar-refractivity contribution < 1.29 is 9.66 Å². The van der Waals surface area contributed by atoms with E-state index in [1.165, 1.54) is 0 Å². The van der Waals surface area contributed by atoms with Gasteiger partial charge in [0.05, 0.1) is 0 Å². The van der Waals surface area contributed by atoms with Gasteiger partial charge in [0.25, 0.3) is 0 Å². The molecule has 0 heterocycles. The van der Waals surface area contributed by atoms with Gasteiger partial charge < -0.3 is 4.74 Å². The summed E-state index contributed by atoms with van der Waals surface area (Å²) in [6.45, 7) is 5.05. The molecule has 0 aromatic heterocycles. The Hall–Kier alpha value is -1.10. The zero-order valence-electron chi connectivity index (χ0n) is 9.49. The van der Waals surface area contributed by atoms with E-state index in [1.807, 2.05) is 19.1 Å². The van der Waals surface area contributed by atoms with Crippen molar-refractivity contribution in [2.45, 2.75) is 26.3 Å². The van der Waals surface area contributed by atoms with E-state index in [4.69, 9.17) is 4.74 Å². The van der Waals surface area contributed by atoms with Gasteiger partial charge in [-0.05, 0) is 30.7 Å². The third-order valence-corrected chi connectivity index (χ3v) is 2.71. The number of nitrogens with zero attached hydrogens (tertiary/aromatic N) is 1. The summed E-state index contributed by atoms with van der Waals surface area (Å²) in [4.78, 5) is 10.4. The van der Waals surface area contributed by atoms with Crippen LogP contribution in [0.3, 0.4) is 0 Å². The van der Waals surface area contributed by atoms with Gasteiger partial charge in [-0.3, -0.25) is 10.1 Å². The van der Waals surface area contributed by atoms with E-state index in [0.29, 0.717) is 5.75 Å². The van der Waals surface area contributed by atoms with Crippen LogP contribution in [0, 0.1) is 17.0 Å². The van der Waals surface area contributed by atoms with Gasteiger partial charge in [-0.1, -0.05) is 15.9 Å². The molecule has 5 heteroatoms. The summed E-state index contributed by atoms with van der Waals surface area (Å²) in [6.07, 6.45) is 0. The fraction of sp³-hybridized carbons (Fsp3) is 0.455. The first-order valence-electron chi connectivity index (χ1n) is 4.86. The van der Waals surface area contributed by atoms with Crippen molar-refractivity contribution in [1.29, 1.82) is 0 Å². The van der Waals surface area contributed by atoms with Crippen molar-refractivity contribution in [3.63, 3.8) is 0 Å². The summed E-state index contributed by atoms with van der Waals surface area (Å²) in [5, 5.41) is 10.7. The van der Waals surface area contributed by atoms with Gasteiger partial charge in [-0.2, -0.15) is 0 Å². The zero-order chi connectivity index (χ0) is 12.3. The minimum absolute atomic E-state index is 0.0580. The Morgan fingerprint density at radius 2 is 2.12 bits per heavy atom. The highest BCUT2D eigenvalue weighted by atomic mass is 79.9. The molecule has 4 nitrogen and oxygen atoms in total. The van der Waals surface area contributed by atoms with Crippen molar-refractivity contribution in [2.75, 3.05) is 6.61 Å². The third-order valence-electron chi connectivity index (χ3n) is 2.21. The smallest absolute Gasteiger partial charge is 0.250 e. The van der Waals surface area contributed by atoms with Crippen molar-refractivity contribution in [3.8, 4) is 5.75 Å². The molecule has 0 N–H and O–H groups in total. The van der Waals surface area contributed by atoms with Crippen LogP contribution in [0.2, 0.25) is 0 Å².